The number of fused-ring (bicyclic) bond motifs is 2. The number of nitrogens with zero attached hydrogens (tertiary/aromatic N) is 2. The second-order valence-corrected chi connectivity index (χ2v) is 12.4. The number of halogens is 1. The first-order valence-corrected chi connectivity index (χ1v) is 15.1. The molecule has 2 aliphatic rings. The van der Waals surface area contributed by atoms with Crippen molar-refractivity contribution in [3.05, 3.63) is 77.6 Å². The number of carbonyl (C=O) groups is 1. The number of ether oxygens (including phenoxy) is 3. The van der Waals surface area contributed by atoms with E-state index in [1.165, 1.54) is 6.07 Å². The number of nitrogens with one attached hydrogen (secondary N) is 1. The lowest BCUT2D eigenvalue weighted by atomic mass is 9.99. The molecule has 224 valence electrons. The first kappa shape index (κ1) is 29.6. The summed E-state index contributed by atoms with van der Waals surface area (Å²) < 4.78 is 59.8. The Morgan fingerprint density at radius 2 is 1.86 bits per heavy atom. The van der Waals surface area contributed by atoms with Crippen LogP contribution in [0, 0.1) is 11.7 Å². The Morgan fingerprint density at radius 3 is 2.60 bits per heavy atom. The summed E-state index contributed by atoms with van der Waals surface area (Å²) in [7, 11) is -2.18. The number of hydrogen-bond donors (Lipinski definition) is 2. The van der Waals surface area contributed by atoms with Gasteiger partial charge in [0.05, 0.1) is 28.8 Å². The molecule has 0 fully saturated rings. The molecule has 0 radical (unpaired) electrons. The number of carbonyl (C=O) groups excluding carboxylic acids is 1. The van der Waals surface area contributed by atoms with Crippen molar-refractivity contribution in [1.29, 1.82) is 0 Å². The predicted molar refractivity (Wildman–Crippen MR) is 154 cm³/mol. The molecule has 0 aromatic heterocycles. The van der Waals surface area contributed by atoms with Gasteiger partial charge in [-0.25, -0.2) is 12.8 Å². The molecule has 1 amide bonds. The van der Waals surface area contributed by atoms with Gasteiger partial charge in [-0.05, 0) is 68.1 Å². The highest BCUT2D eigenvalue weighted by Crippen LogP contribution is 2.37. The van der Waals surface area contributed by atoms with Crippen molar-refractivity contribution in [2.24, 2.45) is 5.92 Å². The SMILES string of the molecule is C[C@H](CO)N1C[C@H](C)[C@H](CN(C)Cc2ccc3c(c2)OCO3)Oc2c(NS(=O)(=O)c3ccc(F)cc3)cccc2C1=O. The number of sulfonamides is 1. The van der Waals surface area contributed by atoms with Gasteiger partial charge in [0.15, 0.2) is 17.2 Å². The van der Waals surface area contributed by atoms with Crippen molar-refractivity contribution in [3.8, 4) is 17.2 Å². The van der Waals surface area contributed by atoms with E-state index in [0.29, 0.717) is 31.1 Å². The van der Waals surface area contributed by atoms with Crippen LogP contribution in [0.1, 0.15) is 29.8 Å². The number of aliphatic hydroxyl groups excluding tert-OH is 1. The van der Waals surface area contributed by atoms with Gasteiger partial charge in [-0.1, -0.05) is 19.1 Å². The fraction of sp³-hybridized carbons (Fsp3) is 0.367. The Bertz CT molecular complexity index is 1550. The van der Waals surface area contributed by atoms with E-state index < -0.39 is 28.0 Å². The molecule has 3 atom stereocenters. The van der Waals surface area contributed by atoms with Crippen LogP contribution in [0.25, 0.3) is 0 Å². The van der Waals surface area contributed by atoms with Crippen LogP contribution in [0.3, 0.4) is 0 Å². The van der Waals surface area contributed by atoms with Crippen LogP contribution in [0.2, 0.25) is 0 Å². The number of anilines is 1. The molecule has 2 heterocycles. The minimum Gasteiger partial charge on any atom is -0.486 e. The molecule has 42 heavy (non-hydrogen) atoms. The predicted octanol–water partition coefficient (Wildman–Crippen LogP) is 3.71. The van der Waals surface area contributed by atoms with E-state index in [4.69, 9.17) is 14.2 Å². The van der Waals surface area contributed by atoms with Crippen LogP contribution in [-0.2, 0) is 16.6 Å². The highest BCUT2D eigenvalue weighted by atomic mass is 32.2. The third-order valence-electron chi connectivity index (χ3n) is 7.44. The van der Waals surface area contributed by atoms with E-state index in [1.54, 1.807) is 24.0 Å². The molecule has 10 nitrogen and oxygen atoms in total. The summed E-state index contributed by atoms with van der Waals surface area (Å²) in [6.07, 6.45) is -0.458. The van der Waals surface area contributed by atoms with Gasteiger partial charge in [-0.15, -0.1) is 0 Å². The summed E-state index contributed by atoms with van der Waals surface area (Å²) in [6.45, 7) is 5.02. The molecule has 0 aliphatic carbocycles. The third kappa shape index (κ3) is 6.30. The molecule has 0 saturated carbocycles. The lowest BCUT2D eigenvalue weighted by molar-refractivity contribution is 0.0344. The molecular weight excluding hydrogens is 565 g/mol. The smallest absolute Gasteiger partial charge is 0.262 e. The summed E-state index contributed by atoms with van der Waals surface area (Å²) in [5.41, 5.74) is 1.27. The van der Waals surface area contributed by atoms with Crippen LogP contribution in [0.4, 0.5) is 10.1 Å². The first-order chi connectivity index (χ1) is 20.1. The number of aliphatic hydroxyl groups is 1. The van der Waals surface area contributed by atoms with Crippen molar-refractivity contribution in [2.75, 3.05) is 38.3 Å². The Kier molecular flexibility index (Phi) is 8.58. The molecule has 3 aromatic carbocycles. The van der Waals surface area contributed by atoms with Crippen molar-refractivity contribution in [2.45, 2.75) is 37.4 Å². The average Bonchev–Trinajstić information content (AvgIpc) is 3.43. The van der Waals surface area contributed by atoms with Gasteiger partial charge in [0.1, 0.15) is 11.9 Å². The van der Waals surface area contributed by atoms with Crippen LogP contribution in [0.15, 0.2) is 65.6 Å². The van der Waals surface area contributed by atoms with Gasteiger partial charge < -0.3 is 24.2 Å². The average molecular weight is 600 g/mol. The number of likely N-dealkylation sites (N-methyl/N-ethyl adjacent to an activating group) is 1. The highest BCUT2D eigenvalue weighted by Gasteiger charge is 2.35. The van der Waals surface area contributed by atoms with Gasteiger partial charge >= 0.3 is 0 Å². The maximum absolute atomic E-state index is 13.7. The number of hydrogen-bond acceptors (Lipinski definition) is 8. The van der Waals surface area contributed by atoms with E-state index >= 15 is 0 Å². The zero-order chi connectivity index (χ0) is 30.0. The van der Waals surface area contributed by atoms with Crippen LogP contribution < -0.4 is 18.9 Å². The maximum atomic E-state index is 13.7. The van der Waals surface area contributed by atoms with Gasteiger partial charge in [0.25, 0.3) is 15.9 Å². The molecule has 12 heteroatoms. The zero-order valence-electron chi connectivity index (χ0n) is 23.6. The zero-order valence-corrected chi connectivity index (χ0v) is 24.4. The van der Waals surface area contributed by atoms with Crippen molar-refractivity contribution >= 4 is 21.6 Å². The van der Waals surface area contributed by atoms with Crippen LogP contribution >= 0.6 is 0 Å². The molecular formula is C30H34FN3O7S. The number of benzene rings is 3. The Morgan fingerprint density at radius 1 is 1.12 bits per heavy atom. The molecule has 0 spiro atoms. The van der Waals surface area contributed by atoms with Crippen LogP contribution in [0.5, 0.6) is 17.2 Å². The third-order valence-corrected chi connectivity index (χ3v) is 8.82. The summed E-state index contributed by atoms with van der Waals surface area (Å²) in [5.74, 6) is 0.360. The molecule has 5 rings (SSSR count). The largest absolute Gasteiger partial charge is 0.486 e. The van der Waals surface area contributed by atoms with Gasteiger partial charge in [-0.3, -0.25) is 14.4 Å². The van der Waals surface area contributed by atoms with E-state index in [9.17, 15) is 22.7 Å². The lowest BCUT2D eigenvalue weighted by Crippen LogP contribution is -2.49. The molecule has 0 saturated heterocycles. The molecule has 0 bridgehead atoms. The van der Waals surface area contributed by atoms with Gasteiger partial charge in [0, 0.05) is 25.6 Å². The van der Waals surface area contributed by atoms with E-state index in [1.807, 2.05) is 32.2 Å². The molecule has 3 aromatic rings. The minimum absolute atomic E-state index is 0.0827. The Hall–Kier alpha value is -3.87. The van der Waals surface area contributed by atoms with Gasteiger partial charge in [0.2, 0.25) is 6.79 Å². The minimum atomic E-state index is -4.13. The Balaban J connectivity index is 1.46. The molecule has 2 aliphatic heterocycles. The summed E-state index contributed by atoms with van der Waals surface area (Å²) in [6, 6.07) is 14.4. The van der Waals surface area contributed by atoms with Gasteiger partial charge in [-0.2, -0.15) is 0 Å². The standard InChI is InChI=1S/C30H34FN3O7S/c1-19-14-34(20(2)17-35)30(36)24-5-4-6-25(32-42(37,38)23-10-8-22(31)9-11-23)29(24)41-28(19)16-33(3)15-21-7-12-26-27(13-21)40-18-39-26/h4-13,19-20,28,32,35H,14-18H2,1-3H3/t19-,20+,28-/m0/s1. The van der Waals surface area contributed by atoms with Crippen molar-refractivity contribution < 1.29 is 36.9 Å². The quantitative estimate of drug-likeness (QED) is 0.383. The van der Waals surface area contributed by atoms with E-state index in [2.05, 4.69) is 9.62 Å². The summed E-state index contributed by atoms with van der Waals surface area (Å²) >= 11 is 0. The molecule has 2 N–H and O–H groups in total. The molecule has 0 unspecified atom stereocenters. The first-order valence-electron chi connectivity index (χ1n) is 13.6. The topological polar surface area (TPSA) is 118 Å². The highest BCUT2D eigenvalue weighted by molar-refractivity contribution is 7.92. The lowest BCUT2D eigenvalue weighted by Gasteiger charge is -2.38. The summed E-state index contributed by atoms with van der Waals surface area (Å²) in [4.78, 5) is 17.2. The second-order valence-electron chi connectivity index (χ2n) is 10.7. The van der Waals surface area contributed by atoms with E-state index in [-0.39, 0.29) is 47.1 Å². The Labute approximate surface area is 244 Å². The number of amides is 1. The van der Waals surface area contributed by atoms with Crippen molar-refractivity contribution in [1.82, 2.24) is 9.80 Å². The normalized spacial score (nSPS) is 19.1. The summed E-state index contributed by atoms with van der Waals surface area (Å²) in [5, 5.41) is 9.93. The van der Waals surface area contributed by atoms with Crippen molar-refractivity contribution in [3.63, 3.8) is 0 Å². The number of rotatable bonds is 9. The second kappa shape index (κ2) is 12.2. The monoisotopic (exact) mass is 599 g/mol. The fourth-order valence-electron chi connectivity index (χ4n) is 5.08. The maximum Gasteiger partial charge on any atom is 0.262 e. The van der Waals surface area contributed by atoms with Crippen LogP contribution in [-0.4, -0.2) is 74.9 Å². The fourth-order valence-corrected chi connectivity index (χ4v) is 6.14. The van der Waals surface area contributed by atoms with E-state index in [0.717, 1.165) is 29.8 Å². The number of para-hydroxylation sites is 1.